The number of carbonyl (C=O) groups is 3. The zero-order valence-corrected chi connectivity index (χ0v) is 19.3. The van der Waals surface area contributed by atoms with Crippen LogP contribution in [-0.4, -0.2) is 54.8 Å². The zero-order valence-electron chi connectivity index (χ0n) is 18.5. The van der Waals surface area contributed by atoms with Gasteiger partial charge in [0.1, 0.15) is 5.25 Å². The summed E-state index contributed by atoms with van der Waals surface area (Å²) >= 11 is 1.22. The Morgan fingerprint density at radius 3 is 1.91 bits per heavy atom. The number of carbonyl (C=O) groups excluding carboxylic acids is 3. The lowest BCUT2D eigenvalue weighted by molar-refractivity contribution is -0.163. The van der Waals surface area contributed by atoms with Crippen molar-refractivity contribution in [2.75, 3.05) is 13.2 Å². The van der Waals surface area contributed by atoms with E-state index in [4.69, 9.17) is 18.9 Å². The molecule has 2 aromatic carbocycles. The molecule has 0 aliphatic carbocycles. The van der Waals surface area contributed by atoms with E-state index in [1.807, 2.05) is 60.7 Å². The molecule has 0 spiro atoms. The molecule has 1 saturated heterocycles. The van der Waals surface area contributed by atoms with E-state index in [2.05, 4.69) is 5.32 Å². The molecule has 1 amide bonds. The normalized spacial score (nSPS) is 19.0. The smallest absolute Gasteiger partial charge is 0.338 e. The minimum Gasteiger partial charge on any atom is -0.464 e. The number of hydrogen-bond acceptors (Lipinski definition) is 8. The van der Waals surface area contributed by atoms with Gasteiger partial charge in [0.25, 0.3) is 0 Å². The van der Waals surface area contributed by atoms with Crippen LogP contribution in [0.1, 0.15) is 19.4 Å². The van der Waals surface area contributed by atoms with E-state index in [9.17, 15) is 14.4 Å². The summed E-state index contributed by atoms with van der Waals surface area (Å²) in [6, 6.07) is 18.7. The van der Waals surface area contributed by atoms with Gasteiger partial charge in [-0.2, -0.15) is 0 Å². The van der Waals surface area contributed by atoms with Gasteiger partial charge in [-0.1, -0.05) is 48.5 Å². The number of esters is 2. The highest BCUT2D eigenvalue weighted by Gasteiger charge is 2.51. The maximum atomic E-state index is 13.2. The van der Waals surface area contributed by atoms with Gasteiger partial charge >= 0.3 is 11.9 Å². The highest BCUT2D eigenvalue weighted by Crippen LogP contribution is 2.33. The van der Waals surface area contributed by atoms with Crippen LogP contribution in [0, 0.1) is 0 Å². The molecule has 1 aliphatic heterocycles. The van der Waals surface area contributed by atoms with Crippen LogP contribution in [0.2, 0.25) is 0 Å². The van der Waals surface area contributed by atoms with Crippen LogP contribution < -0.4 is 5.32 Å². The Morgan fingerprint density at radius 2 is 1.39 bits per heavy atom. The van der Waals surface area contributed by atoms with Gasteiger partial charge in [-0.25, -0.2) is 9.59 Å². The SMILES string of the molecule is CCOC(=O)[C@@H]1OC(C(Sc2ccccc2)C(=O)NCc2ccccc2)O[C@H]1C(=O)OCC. The lowest BCUT2D eigenvalue weighted by atomic mass is 10.2. The van der Waals surface area contributed by atoms with Gasteiger partial charge in [0, 0.05) is 11.4 Å². The van der Waals surface area contributed by atoms with Crippen molar-refractivity contribution in [3.8, 4) is 0 Å². The first-order valence-corrected chi connectivity index (χ1v) is 11.6. The molecular weight excluding hydrogens is 446 g/mol. The minimum atomic E-state index is -1.32. The Labute approximate surface area is 196 Å². The van der Waals surface area contributed by atoms with Crippen molar-refractivity contribution < 1.29 is 33.3 Å². The molecule has 1 fully saturated rings. The molecule has 1 N–H and O–H groups in total. The molecule has 0 saturated carbocycles. The van der Waals surface area contributed by atoms with E-state index in [1.54, 1.807) is 13.8 Å². The summed E-state index contributed by atoms with van der Waals surface area (Å²) in [6.45, 7) is 3.82. The van der Waals surface area contributed by atoms with Crippen molar-refractivity contribution in [3.05, 3.63) is 66.2 Å². The fraction of sp³-hybridized carbons (Fsp3) is 0.375. The number of hydrogen-bond donors (Lipinski definition) is 1. The second kappa shape index (κ2) is 12.4. The lowest BCUT2D eigenvalue weighted by Gasteiger charge is -2.21. The van der Waals surface area contributed by atoms with Gasteiger partial charge in [0.15, 0.2) is 18.5 Å². The fourth-order valence-corrected chi connectivity index (χ4v) is 4.21. The third-order valence-electron chi connectivity index (χ3n) is 4.70. The van der Waals surface area contributed by atoms with E-state index in [-0.39, 0.29) is 19.1 Å². The summed E-state index contributed by atoms with van der Waals surface area (Å²) in [4.78, 5) is 38.8. The van der Waals surface area contributed by atoms with Crippen molar-refractivity contribution in [3.63, 3.8) is 0 Å². The number of benzene rings is 2. The van der Waals surface area contributed by atoms with Crippen LogP contribution in [0.3, 0.4) is 0 Å². The number of thioether (sulfide) groups is 1. The van der Waals surface area contributed by atoms with Gasteiger partial charge in [-0.15, -0.1) is 11.8 Å². The summed E-state index contributed by atoms with van der Waals surface area (Å²) in [5.41, 5.74) is 0.927. The van der Waals surface area contributed by atoms with Crippen LogP contribution in [-0.2, 0) is 39.9 Å². The third kappa shape index (κ3) is 6.80. The Balaban J connectivity index is 1.81. The molecule has 0 radical (unpaired) electrons. The van der Waals surface area contributed by atoms with E-state index < -0.39 is 35.7 Å². The predicted molar refractivity (Wildman–Crippen MR) is 121 cm³/mol. The summed E-state index contributed by atoms with van der Waals surface area (Å²) in [7, 11) is 0. The third-order valence-corrected chi connectivity index (χ3v) is 5.93. The van der Waals surface area contributed by atoms with E-state index >= 15 is 0 Å². The van der Waals surface area contributed by atoms with Gasteiger partial charge < -0.3 is 24.3 Å². The van der Waals surface area contributed by atoms with Crippen LogP contribution in [0.5, 0.6) is 0 Å². The van der Waals surface area contributed by atoms with Gasteiger partial charge in [0.05, 0.1) is 13.2 Å². The summed E-state index contributed by atoms with van der Waals surface area (Å²) in [6.07, 6.45) is -3.82. The first-order chi connectivity index (χ1) is 16.0. The molecule has 0 bridgehead atoms. The second-order valence-corrected chi connectivity index (χ2v) is 8.26. The summed E-state index contributed by atoms with van der Waals surface area (Å²) < 4.78 is 21.6. The monoisotopic (exact) mass is 473 g/mol. The number of nitrogens with one attached hydrogen (secondary N) is 1. The number of rotatable bonds is 10. The zero-order chi connectivity index (χ0) is 23.6. The molecule has 9 heteroatoms. The van der Waals surface area contributed by atoms with Crippen molar-refractivity contribution in [2.24, 2.45) is 0 Å². The van der Waals surface area contributed by atoms with Gasteiger partial charge in [-0.05, 0) is 31.5 Å². The molecule has 8 nitrogen and oxygen atoms in total. The molecule has 3 rings (SSSR count). The lowest BCUT2D eigenvalue weighted by Crippen LogP contribution is -2.41. The molecule has 1 aliphatic rings. The van der Waals surface area contributed by atoms with E-state index in [1.165, 1.54) is 11.8 Å². The minimum absolute atomic E-state index is 0.110. The summed E-state index contributed by atoms with van der Waals surface area (Å²) in [5, 5.41) is 1.99. The molecule has 176 valence electrons. The largest absolute Gasteiger partial charge is 0.464 e. The van der Waals surface area contributed by atoms with Gasteiger partial charge in [0.2, 0.25) is 5.91 Å². The van der Waals surface area contributed by atoms with Crippen molar-refractivity contribution in [1.29, 1.82) is 0 Å². The number of amides is 1. The standard InChI is InChI=1S/C24H27NO7S/c1-3-29-22(27)18-19(23(28)30-4-2)32-24(31-18)20(33-17-13-9-6-10-14-17)21(26)25-15-16-11-7-5-8-12-16/h5-14,18-20,24H,3-4,15H2,1-2H3,(H,25,26)/t18-,19-,20?/m1/s1. The fourth-order valence-electron chi connectivity index (χ4n) is 3.18. The second-order valence-electron chi connectivity index (χ2n) is 7.04. The average molecular weight is 474 g/mol. The molecule has 33 heavy (non-hydrogen) atoms. The molecule has 1 unspecified atom stereocenters. The van der Waals surface area contributed by atoms with E-state index in [0.29, 0.717) is 6.54 Å². The van der Waals surface area contributed by atoms with Crippen LogP contribution in [0.15, 0.2) is 65.6 Å². The summed E-state index contributed by atoms with van der Waals surface area (Å²) in [5.74, 6) is -1.85. The van der Waals surface area contributed by atoms with Gasteiger partial charge in [-0.3, -0.25) is 4.79 Å². The number of ether oxygens (including phenoxy) is 4. The molecular formula is C24H27NO7S. The van der Waals surface area contributed by atoms with Crippen LogP contribution >= 0.6 is 11.8 Å². The molecule has 3 atom stereocenters. The molecule has 1 heterocycles. The highest BCUT2D eigenvalue weighted by atomic mass is 32.2. The maximum absolute atomic E-state index is 13.2. The van der Waals surface area contributed by atoms with Crippen molar-refractivity contribution >= 4 is 29.6 Å². The average Bonchev–Trinajstić information content (AvgIpc) is 3.28. The Hall–Kier alpha value is -2.88. The highest BCUT2D eigenvalue weighted by molar-refractivity contribution is 8.00. The van der Waals surface area contributed by atoms with Crippen LogP contribution in [0.25, 0.3) is 0 Å². The first kappa shape index (κ1) is 24.8. The molecule has 2 aromatic rings. The van der Waals surface area contributed by atoms with Crippen LogP contribution in [0.4, 0.5) is 0 Å². The van der Waals surface area contributed by atoms with Crippen molar-refractivity contribution in [1.82, 2.24) is 5.32 Å². The predicted octanol–water partition coefficient (Wildman–Crippen LogP) is 2.70. The maximum Gasteiger partial charge on any atom is 0.338 e. The van der Waals surface area contributed by atoms with E-state index in [0.717, 1.165) is 10.5 Å². The molecule has 0 aromatic heterocycles. The topological polar surface area (TPSA) is 100 Å². The Bertz CT molecular complexity index is 899. The first-order valence-electron chi connectivity index (χ1n) is 10.7. The Kier molecular flexibility index (Phi) is 9.29. The Morgan fingerprint density at radius 1 is 0.879 bits per heavy atom. The quantitative estimate of drug-likeness (QED) is 0.415. The van der Waals surface area contributed by atoms with Crippen molar-refractivity contribution in [2.45, 2.75) is 49.0 Å².